The van der Waals surface area contributed by atoms with Crippen LogP contribution in [0.25, 0.3) is 5.69 Å². The molecule has 0 fully saturated rings. The van der Waals surface area contributed by atoms with E-state index < -0.39 is 0 Å². The van der Waals surface area contributed by atoms with Gasteiger partial charge in [-0.3, -0.25) is 0 Å². The zero-order valence-electron chi connectivity index (χ0n) is 18.9. The Hall–Kier alpha value is -3.90. The van der Waals surface area contributed by atoms with Crippen LogP contribution in [0, 0.1) is 0 Å². The first-order valence-corrected chi connectivity index (χ1v) is 11.3. The zero-order valence-corrected chi connectivity index (χ0v) is 19.6. The number of halogens is 1. The van der Waals surface area contributed by atoms with Crippen molar-refractivity contribution in [3.05, 3.63) is 107 Å². The third-order valence-electron chi connectivity index (χ3n) is 6.04. The quantitative estimate of drug-likeness (QED) is 0.379. The van der Waals surface area contributed by atoms with Crippen molar-refractivity contribution >= 4 is 23.3 Å². The molecule has 4 aromatic rings. The summed E-state index contributed by atoms with van der Waals surface area (Å²) in [6.07, 6.45) is 2.03. The summed E-state index contributed by atoms with van der Waals surface area (Å²) in [7, 11) is 3.15. The summed E-state index contributed by atoms with van der Waals surface area (Å²) in [5.74, 6) is 1.17. The number of nitrogens with zero attached hydrogens (tertiary/aromatic N) is 2. The highest BCUT2D eigenvalue weighted by atomic mass is 35.5. The van der Waals surface area contributed by atoms with Crippen LogP contribution in [-0.2, 0) is 6.54 Å². The van der Waals surface area contributed by atoms with Gasteiger partial charge in [0.05, 0.1) is 38.2 Å². The van der Waals surface area contributed by atoms with Crippen LogP contribution in [0.1, 0.15) is 22.9 Å². The molecule has 0 bridgehead atoms. The zero-order chi connectivity index (χ0) is 23.7. The monoisotopic (exact) mass is 473 g/mol. The van der Waals surface area contributed by atoms with Crippen molar-refractivity contribution < 1.29 is 14.3 Å². The SMILES string of the molecule is COc1ccc(NC(=O)N2Cc3ccccc3-n3cccc3[C@@H]2c2cccc(Cl)c2)c(OC)c1. The Morgan fingerprint density at radius 1 is 0.971 bits per heavy atom. The largest absolute Gasteiger partial charge is 0.497 e. The molecule has 1 atom stereocenters. The summed E-state index contributed by atoms with van der Waals surface area (Å²) in [4.78, 5) is 15.7. The third-order valence-corrected chi connectivity index (χ3v) is 6.27. The van der Waals surface area contributed by atoms with E-state index in [2.05, 4.69) is 16.0 Å². The summed E-state index contributed by atoms with van der Waals surface area (Å²) < 4.78 is 12.9. The lowest BCUT2D eigenvalue weighted by Crippen LogP contribution is -2.38. The van der Waals surface area contributed by atoms with Crippen molar-refractivity contribution in [2.24, 2.45) is 0 Å². The topological polar surface area (TPSA) is 55.7 Å². The minimum absolute atomic E-state index is 0.252. The highest BCUT2D eigenvalue weighted by Crippen LogP contribution is 2.38. The molecule has 1 aliphatic rings. The summed E-state index contributed by atoms with van der Waals surface area (Å²) in [5.41, 5.74) is 4.56. The van der Waals surface area contributed by atoms with Crippen molar-refractivity contribution in [2.75, 3.05) is 19.5 Å². The average molecular weight is 474 g/mol. The minimum Gasteiger partial charge on any atom is -0.497 e. The first kappa shape index (κ1) is 21.9. The van der Waals surface area contributed by atoms with Gasteiger partial charge in [0, 0.05) is 23.0 Å². The van der Waals surface area contributed by atoms with Gasteiger partial charge in [0.2, 0.25) is 0 Å². The molecule has 0 saturated carbocycles. The highest BCUT2D eigenvalue weighted by molar-refractivity contribution is 6.30. The second-order valence-corrected chi connectivity index (χ2v) is 8.45. The number of para-hydroxylation sites is 1. The van der Waals surface area contributed by atoms with Crippen LogP contribution in [0.3, 0.4) is 0 Å². The van der Waals surface area contributed by atoms with E-state index in [1.807, 2.05) is 65.7 Å². The molecular weight excluding hydrogens is 450 g/mol. The van der Waals surface area contributed by atoms with Crippen LogP contribution < -0.4 is 14.8 Å². The number of carbonyl (C=O) groups is 1. The molecule has 172 valence electrons. The summed E-state index contributed by atoms with van der Waals surface area (Å²) >= 11 is 6.37. The highest BCUT2D eigenvalue weighted by Gasteiger charge is 2.33. The van der Waals surface area contributed by atoms with Crippen molar-refractivity contribution in [1.29, 1.82) is 0 Å². The van der Waals surface area contributed by atoms with E-state index >= 15 is 0 Å². The number of hydrogen-bond donors (Lipinski definition) is 1. The van der Waals surface area contributed by atoms with Gasteiger partial charge in [0.1, 0.15) is 11.5 Å². The molecule has 3 aromatic carbocycles. The fourth-order valence-electron chi connectivity index (χ4n) is 4.46. The Labute approximate surface area is 203 Å². The van der Waals surface area contributed by atoms with Crippen molar-refractivity contribution in [3.63, 3.8) is 0 Å². The van der Waals surface area contributed by atoms with E-state index in [-0.39, 0.29) is 12.1 Å². The van der Waals surface area contributed by atoms with Gasteiger partial charge in [-0.15, -0.1) is 0 Å². The molecule has 0 aliphatic carbocycles. The number of urea groups is 1. The number of methoxy groups -OCH3 is 2. The molecule has 0 unspecified atom stereocenters. The molecule has 34 heavy (non-hydrogen) atoms. The van der Waals surface area contributed by atoms with Gasteiger partial charge in [-0.2, -0.15) is 0 Å². The number of ether oxygens (including phenoxy) is 2. The van der Waals surface area contributed by atoms with E-state index in [0.29, 0.717) is 28.8 Å². The van der Waals surface area contributed by atoms with Gasteiger partial charge in [-0.25, -0.2) is 4.79 Å². The van der Waals surface area contributed by atoms with E-state index in [0.717, 1.165) is 22.5 Å². The number of rotatable bonds is 4. The molecule has 0 spiro atoms. The van der Waals surface area contributed by atoms with Crippen LogP contribution in [0.15, 0.2) is 85.1 Å². The van der Waals surface area contributed by atoms with Gasteiger partial charge >= 0.3 is 6.03 Å². The summed E-state index contributed by atoms with van der Waals surface area (Å²) in [5, 5.41) is 3.66. The van der Waals surface area contributed by atoms with Gasteiger partial charge in [-0.1, -0.05) is 41.9 Å². The number of amides is 2. The number of aromatic nitrogens is 1. The number of anilines is 1. The number of hydrogen-bond acceptors (Lipinski definition) is 3. The second-order valence-electron chi connectivity index (χ2n) is 8.01. The molecule has 7 heteroatoms. The summed E-state index contributed by atoms with van der Waals surface area (Å²) in [6.45, 7) is 0.416. The number of benzene rings is 3. The number of carbonyl (C=O) groups excluding carboxylic acids is 1. The van der Waals surface area contributed by atoms with Gasteiger partial charge < -0.3 is 24.3 Å². The Kier molecular flexibility index (Phi) is 5.90. The Morgan fingerprint density at radius 2 is 1.82 bits per heavy atom. The molecule has 6 nitrogen and oxygen atoms in total. The normalized spacial score (nSPS) is 14.6. The molecule has 0 radical (unpaired) electrons. The van der Waals surface area contributed by atoms with E-state index in [4.69, 9.17) is 21.1 Å². The maximum atomic E-state index is 13.8. The molecule has 2 amide bonds. The third kappa shape index (κ3) is 3.97. The van der Waals surface area contributed by atoms with Crippen molar-refractivity contribution in [3.8, 4) is 17.2 Å². The lowest BCUT2D eigenvalue weighted by molar-refractivity contribution is 0.194. The lowest BCUT2D eigenvalue weighted by Gasteiger charge is -2.31. The maximum Gasteiger partial charge on any atom is 0.323 e. The van der Waals surface area contributed by atoms with Crippen LogP contribution in [0.2, 0.25) is 5.02 Å². The van der Waals surface area contributed by atoms with Gasteiger partial charge in [-0.05, 0) is 53.6 Å². The molecule has 2 heterocycles. The fraction of sp³-hybridized carbons (Fsp3) is 0.148. The van der Waals surface area contributed by atoms with Gasteiger partial charge in [0.25, 0.3) is 0 Å². The maximum absolute atomic E-state index is 13.8. The predicted octanol–water partition coefficient (Wildman–Crippen LogP) is 6.29. The fourth-order valence-corrected chi connectivity index (χ4v) is 4.65. The number of nitrogens with one attached hydrogen (secondary N) is 1. The van der Waals surface area contributed by atoms with Crippen molar-refractivity contribution in [2.45, 2.75) is 12.6 Å². The Bertz CT molecular complexity index is 1350. The van der Waals surface area contributed by atoms with E-state index in [1.165, 1.54) is 0 Å². The van der Waals surface area contributed by atoms with Gasteiger partial charge in [0.15, 0.2) is 0 Å². The summed E-state index contributed by atoms with van der Waals surface area (Å²) in [6, 6.07) is 24.5. The second kappa shape index (κ2) is 9.15. The molecular formula is C27H24ClN3O3. The lowest BCUT2D eigenvalue weighted by atomic mass is 10.0. The van der Waals surface area contributed by atoms with Crippen LogP contribution in [-0.4, -0.2) is 29.7 Å². The molecule has 1 aliphatic heterocycles. The average Bonchev–Trinajstić information content (AvgIpc) is 3.28. The van der Waals surface area contributed by atoms with Crippen LogP contribution in [0.5, 0.6) is 11.5 Å². The first-order chi connectivity index (χ1) is 16.6. The van der Waals surface area contributed by atoms with Crippen LogP contribution in [0.4, 0.5) is 10.5 Å². The Balaban J connectivity index is 1.61. The standard InChI is InChI=1S/C27H24ClN3O3/c1-33-21-12-13-22(25(16-21)34-2)29-27(32)31-17-19-7-3-4-10-23(19)30-14-6-11-24(30)26(31)18-8-5-9-20(28)15-18/h3-16,26H,17H2,1-2H3,(H,29,32)/t26-/m0/s1. The van der Waals surface area contributed by atoms with Crippen molar-refractivity contribution in [1.82, 2.24) is 9.47 Å². The molecule has 1 N–H and O–H groups in total. The van der Waals surface area contributed by atoms with E-state index in [1.54, 1.807) is 32.4 Å². The molecule has 1 aromatic heterocycles. The van der Waals surface area contributed by atoms with E-state index in [9.17, 15) is 4.79 Å². The molecule has 0 saturated heterocycles. The Morgan fingerprint density at radius 3 is 2.62 bits per heavy atom. The minimum atomic E-state index is -0.356. The smallest absolute Gasteiger partial charge is 0.323 e. The molecule has 5 rings (SSSR count). The first-order valence-electron chi connectivity index (χ1n) is 10.9. The van der Waals surface area contributed by atoms with Crippen LogP contribution >= 0.6 is 11.6 Å². The predicted molar refractivity (Wildman–Crippen MR) is 133 cm³/mol. The number of fused-ring (bicyclic) bond motifs is 3.